The van der Waals surface area contributed by atoms with Gasteiger partial charge in [-0.3, -0.25) is 23.9 Å². The zero-order valence-corrected chi connectivity index (χ0v) is 24.8. The van der Waals surface area contributed by atoms with Crippen LogP contribution < -0.4 is 21.5 Å². The van der Waals surface area contributed by atoms with E-state index in [-0.39, 0.29) is 52.8 Å². The smallest absolute Gasteiger partial charge is 0.321 e. The highest BCUT2D eigenvalue weighted by molar-refractivity contribution is 5.98. The van der Waals surface area contributed by atoms with Crippen molar-refractivity contribution >= 4 is 34.4 Å². The standard InChI is InChI=1S/C31H29F2N7O7/c1-17-12-24(36-40(17)19-7-9-25(42)39(15-19)30(32)33)38-10-11-46-26(29(38)44)31(45,16-35-28(43)20-4-2-3-5-22(20)41)14-18-6-8-21-23(13-18)47-37-27(21)34/h2-9,12-13,15,26,30,41,45H,10-11,14,16H2,1H3,(H2,34,37)(H,35,43)/t26-,31?/m0/s1. The van der Waals surface area contributed by atoms with Gasteiger partial charge in [-0.25, -0.2) is 4.68 Å². The van der Waals surface area contributed by atoms with E-state index in [9.17, 15) is 33.4 Å². The first-order valence-electron chi connectivity index (χ1n) is 14.4. The Hall–Kier alpha value is -5.61. The van der Waals surface area contributed by atoms with Crippen molar-refractivity contribution in [2.24, 2.45) is 0 Å². The summed E-state index contributed by atoms with van der Waals surface area (Å²) in [5.74, 6) is -1.31. The first-order valence-corrected chi connectivity index (χ1v) is 14.4. The van der Waals surface area contributed by atoms with Gasteiger partial charge in [0.1, 0.15) is 11.4 Å². The van der Waals surface area contributed by atoms with Crippen LogP contribution in [0.2, 0.25) is 0 Å². The predicted octanol–water partition coefficient (Wildman–Crippen LogP) is 2.30. The van der Waals surface area contributed by atoms with E-state index in [2.05, 4.69) is 15.6 Å². The lowest BCUT2D eigenvalue weighted by atomic mass is 9.86. The van der Waals surface area contributed by atoms with Crippen molar-refractivity contribution in [2.75, 3.05) is 30.3 Å². The van der Waals surface area contributed by atoms with Crippen LogP contribution in [0.15, 0.2) is 76.2 Å². The van der Waals surface area contributed by atoms with Crippen LogP contribution in [0.1, 0.15) is 28.2 Å². The van der Waals surface area contributed by atoms with Crippen molar-refractivity contribution in [3.63, 3.8) is 0 Å². The number of alkyl halides is 2. The minimum Gasteiger partial charge on any atom is -0.507 e. The Kier molecular flexibility index (Phi) is 8.21. The summed E-state index contributed by atoms with van der Waals surface area (Å²) in [5.41, 5.74) is 4.36. The normalized spacial score (nSPS) is 16.5. The number of aromatic hydroxyl groups is 1. The lowest BCUT2D eigenvalue weighted by Gasteiger charge is -2.40. The molecule has 5 aromatic rings. The van der Waals surface area contributed by atoms with Gasteiger partial charge in [0.25, 0.3) is 17.4 Å². The number of para-hydroxylation sites is 1. The number of carbonyl (C=O) groups excluding carboxylic acids is 2. The Balaban J connectivity index is 1.32. The Bertz CT molecular complexity index is 2040. The van der Waals surface area contributed by atoms with Gasteiger partial charge in [0.05, 0.1) is 36.3 Å². The number of benzene rings is 2. The highest BCUT2D eigenvalue weighted by atomic mass is 19.3. The van der Waals surface area contributed by atoms with Crippen LogP contribution in [0.4, 0.5) is 20.4 Å². The van der Waals surface area contributed by atoms with E-state index in [1.54, 1.807) is 43.3 Å². The number of carbonyl (C=O) groups is 2. The first-order chi connectivity index (χ1) is 22.4. The molecule has 16 heteroatoms. The summed E-state index contributed by atoms with van der Waals surface area (Å²) in [6.45, 7) is -1.86. The van der Waals surface area contributed by atoms with Crippen molar-refractivity contribution in [1.82, 2.24) is 24.8 Å². The third kappa shape index (κ3) is 6.03. The number of phenolic OH excluding ortho intramolecular Hbond substituents is 1. The van der Waals surface area contributed by atoms with Crippen LogP contribution in [-0.2, 0) is 16.0 Å². The number of hydrogen-bond donors (Lipinski definition) is 4. The Morgan fingerprint density at radius 1 is 1.17 bits per heavy atom. The predicted molar refractivity (Wildman–Crippen MR) is 163 cm³/mol. The fourth-order valence-corrected chi connectivity index (χ4v) is 5.53. The molecule has 2 aromatic carbocycles. The van der Waals surface area contributed by atoms with Crippen LogP contribution >= 0.6 is 0 Å². The largest absolute Gasteiger partial charge is 0.507 e. The number of aryl methyl sites for hydroxylation is 1. The van der Waals surface area contributed by atoms with Gasteiger partial charge in [0, 0.05) is 30.4 Å². The molecular weight excluding hydrogens is 620 g/mol. The number of nitrogen functional groups attached to an aromatic ring is 1. The number of fused-ring (bicyclic) bond motifs is 1. The van der Waals surface area contributed by atoms with Gasteiger partial charge in [0.15, 0.2) is 23.3 Å². The van der Waals surface area contributed by atoms with Crippen molar-refractivity contribution in [1.29, 1.82) is 0 Å². The summed E-state index contributed by atoms with van der Waals surface area (Å²) in [5, 5.41) is 33.7. The molecule has 4 heterocycles. The average molecular weight is 650 g/mol. The minimum absolute atomic E-state index is 0.0218. The van der Waals surface area contributed by atoms with E-state index in [1.165, 1.54) is 27.8 Å². The fraction of sp³-hybridized carbons (Fsp3) is 0.258. The molecule has 2 atom stereocenters. The number of hydrogen-bond acceptors (Lipinski definition) is 10. The van der Waals surface area contributed by atoms with E-state index in [0.29, 0.717) is 22.2 Å². The van der Waals surface area contributed by atoms with Gasteiger partial charge in [-0.1, -0.05) is 23.4 Å². The third-order valence-corrected chi connectivity index (χ3v) is 7.88. The number of morpholine rings is 1. The highest BCUT2D eigenvalue weighted by Crippen LogP contribution is 2.30. The molecule has 14 nitrogen and oxygen atoms in total. The van der Waals surface area contributed by atoms with Gasteiger partial charge in [-0.2, -0.15) is 8.78 Å². The third-order valence-electron chi connectivity index (χ3n) is 7.88. The lowest BCUT2D eigenvalue weighted by molar-refractivity contribution is -0.157. The number of rotatable bonds is 9. The topological polar surface area (TPSA) is 191 Å². The van der Waals surface area contributed by atoms with Crippen molar-refractivity contribution in [3.8, 4) is 11.4 Å². The van der Waals surface area contributed by atoms with E-state index in [1.807, 2.05) is 0 Å². The number of nitrogens with two attached hydrogens (primary N) is 1. The van der Waals surface area contributed by atoms with E-state index in [0.717, 1.165) is 12.3 Å². The number of ether oxygens (including phenoxy) is 1. The highest BCUT2D eigenvalue weighted by Gasteiger charge is 2.47. The van der Waals surface area contributed by atoms with Gasteiger partial charge in [-0.15, -0.1) is 5.10 Å². The molecule has 0 bridgehead atoms. The molecule has 5 N–H and O–H groups in total. The number of pyridine rings is 1. The number of amides is 2. The minimum atomic E-state index is -3.06. The SMILES string of the molecule is Cc1cc(N2CCO[C@H](C(O)(CNC(=O)c3ccccc3O)Cc3ccc4c(N)noc4c3)C2=O)nn1-c1ccc(=O)n(C(F)F)c1. The molecule has 0 saturated carbocycles. The van der Waals surface area contributed by atoms with Gasteiger partial charge < -0.3 is 30.5 Å². The van der Waals surface area contributed by atoms with Crippen LogP contribution in [0.5, 0.6) is 5.75 Å². The zero-order chi connectivity index (χ0) is 33.5. The number of anilines is 2. The molecule has 1 saturated heterocycles. The van der Waals surface area contributed by atoms with Gasteiger partial charge >= 0.3 is 6.55 Å². The summed E-state index contributed by atoms with van der Waals surface area (Å²) in [4.78, 5) is 40.2. The molecule has 1 aliphatic heterocycles. The Morgan fingerprint density at radius 3 is 2.72 bits per heavy atom. The van der Waals surface area contributed by atoms with Crippen LogP contribution in [0, 0.1) is 6.92 Å². The second-order valence-electron chi connectivity index (χ2n) is 11.1. The van der Waals surface area contributed by atoms with Crippen LogP contribution in [0.3, 0.4) is 0 Å². The molecule has 1 unspecified atom stereocenters. The molecule has 2 amide bonds. The number of phenols is 1. The number of aliphatic hydroxyl groups is 1. The maximum Gasteiger partial charge on any atom is 0.321 e. The molecular formula is C31H29F2N7O7. The summed E-state index contributed by atoms with van der Waals surface area (Å²) < 4.78 is 39.4. The first kappa shape index (κ1) is 31.4. The molecule has 1 fully saturated rings. The second kappa shape index (κ2) is 12.3. The molecule has 47 heavy (non-hydrogen) atoms. The quantitative estimate of drug-likeness (QED) is 0.184. The number of halogens is 2. The van der Waals surface area contributed by atoms with Crippen molar-refractivity contribution in [2.45, 2.75) is 31.6 Å². The molecule has 0 aliphatic carbocycles. The Labute approximate surface area is 264 Å². The molecule has 0 radical (unpaired) electrons. The van der Waals surface area contributed by atoms with E-state index >= 15 is 0 Å². The van der Waals surface area contributed by atoms with Crippen LogP contribution in [-0.4, -0.2) is 72.9 Å². The van der Waals surface area contributed by atoms with Gasteiger partial charge in [0.2, 0.25) is 0 Å². The second-order valence-corrected chi connectivity index (χ2v) is 11.1. The number of nitrogens with zero attached hydrogens (tertiary/aromatic N) is 5. The average Bonchev–Trinajstić information content (AvgIpc) is 3.61. The lowest BCUT2D eigenvalue weighted by Crippen LogP contribution is -2.63. The maximum atomic E-state index is 14.0. The number of aromatic nitrogens is 4. The molecule has 6 rings (SSSR count). The molecule has 244 valence electrons. The molecule has 0 spiro atoms. The zero-order valence-electron chi connectivity index (χ0n) is 24.8. The van der Waals surface area contributed by atoms with E-state index in [4.69, 9.17) is 15.0 Å². The molecule has 3 aromatic heterocycles. The summed E-state index contributed by atoms with van der Waals surface area (Å²) in [6.07, 6.45) is -0.744. The number of nitrogens with one attached hydrogen (secondary N) is 1. The summed E-state index contributed by atoms with van der Waals surface area (Å²) in [6, 6.07) is 14.7. The Morgan fingerprint density at radius 2 is 1.96 bits per heavy atom. The van der Waals surface area contributed by atoms with Crippen LogP contribution in [0.25, 0.3) is 16.7 Å². The monoisotopic (exact) mass is 649 g/mol. The van der Waals surface area contributed by atoms with Gasteiger partial charge in [-0.05, 0) is 42.8 Å². The van der Waals surface area contributed by atoms with Crippen molar-refractivity contribution in [3.05, 3.63) is 94.0 Å². The summed E-state index contributed by atoms with van der Waals surface area (Å²) in [7, 11) is 0. The molecule has 1 aliphatic rings. The fourth-order valence-electron chi connectivity index (χ4n) is 5.53. The van der Waals surface area contributed by atoms with E-state index < -0.39 is 42.2 Å². The van der Waals surface area contributed by atoms with Crippen molar-refractivity contribution < 1.29 is 37.8 Å². The summed E-state index contributed by atoms with van der Waals surface area (Å²) >= 11 is 0. The maximum absolute atomic E-state index is 14.0.